The van der Waals surface area contributed by atoms with Crippen LogP contribution in [0.2, 0.25) is 10.0 Å². The third-order valence-electron chi connectivity index (χ3n) is 4.71. The predicted octanol–water partition coefficient (Wildman–Crippen LogP) is 3.31. The lowest BCUT2D eigenvalue weighted by Crippen LogP contribution is -2.51. The van der Waals surface area contributed by atoms with Gasteiger partial charge < -0.3 is 10.2 Å². The van der Waals surface area contributed by atoms with E-state index in [1.807, 2.05) is 0 Å². The Hall–Kier alpha value is -2.29. The first-order valence-corrected chi connectivity index (χ1v) is 12.2. The van der Waals surface area contributed by atoms with Crippen LogP contribution in [0.4, 0.5) is 5.69 Å². The highest BCUT2D eigenvalue weighted by molar-refractivity contribution is 7.92. The summed E-state index contributed by atoms with van der Waals surface area (Å²) in [6.07, 6.45) is 1.35. The molecule has 1 unspecified atom stereocenters. The molecule has 0 saturated heterocycles. The largest absolute Gasteiger partial charge is 0.357 e. The molecule has 0 radical (unpaired) electrons. The van der Waals surface area contributed by atoms with E-state index < -0.39 is 28.5 Å². The first-order valence-electron chi connectivity index (χ1n) is 9.56. The van der Waals surface area contributed by atoms with Crippen LogP contribution in [0, 0.1) is 0 Å². The molecular formula is C21H25Cl2N3O4S. The van der Waals surface area contributed by atoms with Crippen molar-refractivity contribution in [2.45, 2.75) is 25.9 Å². The molecule has 0 saturated carbocycles. The Morgan fingerprint density at radius 3 is 2.32 bits per heavy atom. The van der Waals surface area contributed by atoms with E-state index in [0.717, 1.165) is 10.6 Å². The average molecular weight is 486 g/mol. The summed E-state index contributed by atoms with van der Waals surface area (Å²) in [6, 6.07) is 12.4. The van der Waals surface area contributed by atoms with E-state index in [-0.39, 0.29) is 18.1 Å². The first kappa shape index (κ1) is 25.0. The van der Waals surface area contributed by atoms with Gasteiger partial charge in [0.05, 0.1) is 11.9 Å². The summed E-state index contributed by atoms with van der Waals surface area (Å²) in [5, 5.41) is 3.34. The fraction of sp³-hybridized carbons (Fsp3) is 0.333. The van der Waals surface area contributed by atoms with Crippen molar-refractivity contribution in [3.8, 4) is 0 Å². The van der Waals surface area contributed by atoms with Crippen LogP contribution in [0.3, 0.4) is 0 Å². The number of nitrogens with zero attached hydrogens (tertiary/aromatic N) is 2. The molecule has 0 fully saturated rings. The number of carbonyl (C=O) groups excluding carboxylic acids is 2. The Kier molecular flexibility index (Phi) is 8.73. The van der Waals surface area contributed by atoms with Crippen molar-refractivity contribution in [3.63, 3.8) is 0 Å². The quantitative estimate of drug-likeness (QED) is 0.589. The van der Waals surface area contributed by atoms with Crippen LogP contribution < -0.4 is 9.62 Å². The van der Waals surface area contributed by atoms with Gasteiger partial charge in [0, 0.05) is 23.6 Å². The van der Waals surface area contributed by atoms with Crippen molar-refractivity contribution >= 4 is 50.7 Å². The van der Waals surface area contributed by atoms with Gasteiger partial charge in [0.2, 0.25) is 21.8 Å². The van der Waals surface area contributed by atoms with Crippen LogP contribution in [0.1, 0.15) is 18.9 Å². The second-order valence-corrected chi connectivity index (χ2v) is 9.65. The molecule has 0 aromatic heterocycles. The molecule has 2 aromatic carbocycles. The molecule has 31 heavy (non-hydrogen) atoms. The molecule has 0 spiro atoms. The summed E-state index contributed by atoms with van der Waals surface area (Å²) in [4.78, 5) is 27.2. The number of hydrogen-bond acceptors (Lipinski definition) is 4. The molecule has 168 valence electrons. The van der Waals surface area contributed by atoms with Crippen LogP contribution in [0.25, 0.3) is 0 Å². The van der Waals surface area contributed by atoms with Crippen LogP contribution in [-0.2, 0) is 26.2 Å². The molecule has 0 aliphatic heterocycles. The molecule has 1 atom stereocenters. The summed E-state index contributed by atoms with van der Waals surface area (Å²) in [7, 11) is -2.32. The molecule has 2 rings (SSSR count). The Balaban J connectivity index is 2.44. The van der Waals surface area contributed by atoms with Crippen molar-refractivity contribution in [2.24, 2.45) is 0 Å². The lowest BCUT2D eigenvalue weighted by Gasteiger charge is -2.32. The standard InChI is InChI=1S/C21H25Cl2N3O4S/c1-4-19(21(28)24-2)25(13-15-8-5-6-11-18(15)23)20(27)14-26(31(3,29)30)17-10-7-9-16(22)12-17/h5-12,19H,4,13-14H2,1-3H3,(H,24,28). The average Bonchev–Trinajstić information content (AvgIpc) is 2.71. The zero-order chi connectivity index (χ0) is 23.2. The topological polar surface area (TPSA) is 86.8 Å². The molecule has 2 aromatic rings. The van der Waals surface area contributed by atoms with Crippen molar-refractivity contribution < 1.29 is 18.0 Å². The first-order chi connectivity index (χ1) is 14.6. The van der Waals surface area contributed by atoms with E-state index in [1.54, 1.807) is 49.4 Å². The second-order valence-electron chi connectivity index (χ2n) is 6.90. The van der Waals surface area contributed by atoms with E-state index in [0.29, 0.717) is 22.0 Å². The minimum Gasteiger partial charge on any atom is -0.357 e. The SMILES string of the molecule is CCC(C(=O)NC)N(Cc1ccccc1Cl)C(=O)CN(c1cccc(Cl)c1)S(C)(=O)=O. The van der Waals surface area contributed by atoms with Crippen molar-refractivity contribution in [2.75, 3.05) is 24.2 Å². The lowest BCUT2D eigenvalue weighted by molar-refractivity contribution is -0.140. The number of rotatable bonds is 9. The van der Waals surface area contributed by atoms with Gasteiger partial charge in [-0.2, -0.15) is 0 Å². The molecule has 0 aliphatic rings. The van der Waals surface area contributed by atoms with Crippen LogP contribution in [-0.4, -0.2) is 51.0 Å². The zero-order valence-electron chi connectivity index (χ0n) is 17.5. The monoisotopic (exact) mass is 485 g/mol. The van der Waals surface area contributed by atoms with Gasteiger partial charge in [-0.1, -0.05) is 54.4 Å². The summed E-state index contributed by atoms with van der Waals surface area (Å²) in [6.45, 7) is 1.34. The molecule has 10 heteroatoms. The van der Waals surface area contributed by atoms with E-state index in [2.05, 4.69) is 5.32 Å². The Morgan fingerprint density at radius 1 is 1.10 bits per heavy atom. The van der Waals surface area contributed by atoms with Crippen LogP contribution in [0.5, 0.6) is 0 Å². The fourth-order valence-corrected chi connectivity index (χ4v) is 4.36. The molecule has 7 nitrogen and oxygen atoms in total. The number of hydrogen-bond donors (Lipinski definition) is 1. The van der Waals surface area contributed by atoms with Gasteiger partial charge >= 0.3 is 0 Å². The molecule has 2 amide bonds. The predicted molar refractivity (Wildman–Crippen MR) is 124 cm³/mol. The van der Waals surface area contributed by atoms with Gasteiger partial charge in [-0.3, -0.25) is 13.9 Å². The summed E-state index contributed by atoms with van der Waals surface area (Å²) in [5.74, 6) is -0.891. The van der Waals surface area contributed by atoms with Gasteiger partial charge in [0.15, 0.2) is 0 Å². The zero-order valence-corrected chi connectivity index (χ0v) is 19.8. The Morgan fingerprint density at radius 2 is 1.77 bits per heavy atom. The Bertz CT molecular complexity index is 1050. The Labute approximate surface area is 193 Å². The minimum absolute atomic E-state index is 0.0532. The number of nitrogens with one attached hydrogen (secondary N) is 1. The lowest BCUT2D eigenvalue weighted by atomic mass is 10.1. The van der Waals surface area contributed by atoms with Crippen LogP contribution in [0.15, 0.2) is 48.5 Å². The highest BCUT2D eigenvalue weighted by Gasteiger charge is 2.31. The van der Waals surface area contributed by atoms with E-state index >= 15 is 0 Å². The highest BCUT2D eigenvalue weighted by atomic mass is 35.5. The van der Waals surface area contributed by atoms with Gasteiger partial charge in [-0.05, 0) is 36.2 Å². The number of amides is 2. The number of sulfonamides is 1. The third kappa shape index (κ3) is 6.59. The van der Waals surface area contributed by atoms with Crippen molar-refractivity contribution in [1.82, 2.24) is 10.2 Å². The highest BCUT2D eigenvalue weighted by Crippen LogP contribution is 2.24. The van der Waals surface area contributed by atoms with E-state index in [9.17, 15) is 18.0 Å². The molecular weight excluding hydrogens is 461 g/mol. The fourth-order valence-electron chi connectivity index (χ4n) is 3.14. The maximum absolute atomic E-state index is 13.4. The number of halogens is 2. The van der Waals surface area contributed by atoms with Crippen LogP contribution >= 0.6 is 23.2 Å². The van der Waals surface area contributed by atoms with Crippen molar-refractivity contribution in [3.05, 3.63) is 64.1 Å². The number of carbonyl (C=O) groups is 2. The molecule has 0 aliphatic carbocycles. The van der Waals surface area contributed by atoms with Gasteiger partial charge in [-0.25, -0.2) is 8.42 Å². The van der Waals surface area contributed by atoms with Gasteiger partial charge in [0.25, 0.3) is 0 Å². The number of anilines is 1. The second kappa shape index (κ2) is 10.8. The third-order valence-corrected chi connectivity index (χ3v) is 6.45. The van der Waals surface area contributed by atoms with Crippen molar-refractivity contribution in [1.29, 1.82) is 0 Å². The molecule has 0 bridgehead atoms. The normalized spacial score (nSPS) is 12.2. The number of benzene rings is 2. The molecule has 0 heterocycles. The van der Waals surface area contributed by atoms with E-state index in [4.69, 9.17) is 23.2 Å². The summed E-state index contributed by atoms with van der Waals surface area (Å²) in [5.41, 5.74) is 0.905. The summed E-state index contributed by atoms with van der Waals surface area (Å²) < 4.78 is 25.9. The molecule has 1 N–H and O–H groups in total. The maximum Gasteiger partial charge on any atom is 0.244 e. The number of likely N-dealkylation sites (N-methyl/N-ethyl adjacent to an activating group) is 1. The van der Waals surface area contributed by atoms with Gasteiger partial charge in [0.1, 0.15) is 12.6 Å². The van der Waals surface area contributed by atoms with Gasteiger partial charge in [-0.15, -0.1) is 0 Å². The minimum atomic E-state index is -3.80. The smallest absolute Gasteiger partial charge is 0.244 e. The van der Waals surface area contributed by atoms with E-state index in [1.165, 1.54) is 18.0 Å². The summed E-state index contributed by atoms with van der Waals surface area (Å²) >= 11 is 12.3. The maximum atomic E-state index is 13.4.